The number of benzene rings is 2. The molecule has 3 heterocycles. The molecule has 1 amide bonds. The van der Waals surface area contributed by atoms with E-state index in [1.54, 1.807) is 0 Å². The fourth-order valence-electron chi connectivity index (χ4n) is 4.96. The number of nitrogens with one attached hydrogen (secondary N) is 1. The summed E-state index contributed by atoms with van der Waals surface area (Å²) in [5.74, 6) is 1.67. The van der Waals surface area contributed by atoms with E-state index in [-0.39, 0.29) is 17.9 Å². The van der Waals surface area contributed by atoms with Crippen molar-refractivity contribution < 1.29 is 9.63 Å². The van der Waals surface area contributed by atoms with Gasteiger partial charge in [0.15, 0.2) is 11.9 Å². The summed E-state index contributed by atoms with van der Waals surface area (Å²) < 4.78 is 0. The van der Waals surface area contributed by atoms with Gasteiger partial charge in [0.25, 0.3) is 0 Å². The van der Waals surface area contributed by atoms with Crippen LogP contribution in [0.3, 0.4) is 0 Å². The largest absolute Gasteiger partial charge is 0.389 e. The minimum Gasteiger partial charge on any atom is -0.389 e. The normalized spacial score (nSPS) is 23.9. The van der Waals surface area contributed by atoms with Gasteiger partial charge >= 0.3 is 0 Å². The van der Waals surface area contributed by atoms with Gasteiger partial charge in [0.2, 0.25) is 5.91 Å². The Morgan fingerprint density at radius 3 is 2.35 bits per heavy atom. The molecule has 0 spiro atoms. The highest BCUT2D eigenvalue weighted by atomic mass is 16.6. The lowest BCUT2D eigenvalue weighted by Crippen LogP contribution is -2.45. The molecule has 0 aliphatic carbocycles. The van der Waals surface area contributed by atoms with Gasteiger partial charge in [-0.2, -0.15) is 0 Å². The fraction of sp³-hybridized carbons (Fsp3) is 0.440. The molecule has 2 saturated heterocycles. The Morgan fingerprint density at radius 1 is 0.968 bits per heavy atom. The molecule has 6 heteroatoms. The number of carbonyl (C=O) groups is 1. The molecule has 2 unspecified atom stereocenters. The molecule has 2 aromatic rings. The first-order valence-electron chi connectivity index (χ1n) is 11.3. The zero-order valence-corrected chi connectivity index (χ0v) is 17.8. The lowest BCUT2D eigenvalue weighted by atomic mass is 9.94. The Hall–Kier alpha value is -2.86. The van der Waals surface area contributed by atoms with Crippen molar-refractivity contribution >= 4 is 11.7 Å². The minimum atomic E-state index is 0.0804. The first kappa shape index (κ1) is 20.1. The Bertz CT molecular complexity index is 910. The topological polar surface area (TPSA) is 57.2 Å². The Kier molecular flexibility index (Phi) is 5.89. The zero-order valence-electron chi connectivity index (χ0n) is 17.8. The van der Waals surface area contributed by atoms with Crippen LogP contribution in [0.5, 0.6) is 0 Å². The molecular weight excluding hydrogens is 388 g/mol. The molecule has 0 bridgehead atoms. The lowest BCUT2D eigenvalue weighted by Gasteiger charge is -2.33. The molecule has 0 saturated carbocycles. The standard InChI is InChI=1S/C25H30N4O2/c30-25(26-15-19-7-3-1-4-8-19)21-11-13-29(14-12-21)24-22-17-28(18-23(22)31-27-24)16-20-9-5-2-6-10-20/h1-10,21-23H,11-18H2,(H,26,30). The summed E-state index contributed by atoms with van der Waals surface area (Å²) in [6.07, 6.45) is 1.89. The summed E-state index contributed by atoms with van der Waals surface area (Å²) in [5, 5.41) is 7.55. The van der Waals surface area contributed by atoms with Crippen LogP contribution in [0.25, 0.3) is 0 Å². The summed E-state index contributed by atoms with van der Waals surface area (Å²) in [6, 6.07) is 20.7. The van der Waals surface area contributed by atoms with Crippen molar-refractivity contribution in [3.63, 3.8) is 0 Å². The first-order valence-corrected chi connectivity index (χ1v) is 11.3. The molecule has 0 radical (unpaired) electrons. The summed E-state index contributed by atoms with van der Waals surface area (Å²) >= 11 is 0. The second-order valence-electron chi connectivity index (χ2n) is 8.84. The van der Waals surface area contributed by atoms with Crippen LogP contribution in [0.2, 0.25) is 0 Å². The average molecular weight is 419 g/mol. The number of oxime groups is 1. The van der Waals surface area contributed by atoms with Gasteiger partial charge < -0.3 is 15.1 Å². The highest BCUT2D eigenvalue weighted by molar-refractivity contribution is 5.87. The molecule has 2 atom stereocenters. The van der Waals surface area contributed by atoms with Gasteiger partial charge in [-0.25, -0.2) is 0 Å². The van der Waals surface area contributed by atoms with E-state index in [2.05, 4.69) is 50.6 Å². The van der Waals surface area contributed by atoms with Crippen LogP contribution in [0.1, 0.15) is 24.0 Å². The lowest BCUT2D eigenvalue weighted by molar-refractivity contribution is -0.126. The second-order valence-corrected chi connectivity index (χ2v) is 8.84. The molecule has 5 rings (SSSR count). The third-order valence-electron chi connectivity index (χ3n) is 6.70. The van der Waals surface area contributed by atoms with Crippen LogP contribution < -0.4 is 5.32 Å². The maximum atomic E-state index is 12.6. The molecule has 2 fully saturated rings. The summed E-state index contributed by atoms with van der Waals surface area (Å²) in [5.41, 5.74) is 2.47. The molecule has 2 aromatic carbocycles. The van der Waals surface area contributed by atoms with E-state index >= 15 is 0 Å². The Morgan fingerprint density at radius 2 is 1.65 bits per heavy atom. The van der Waals surface area contributed by atoms with E-state index in [0.29, 0.717) is 12.5 Å². The number of amides is 1. The van der Waals surface area contributed by atoms with Crippen LogP contribution in [-0.2, 0) is 22.7 Å². The number of hydrogen-bond donors (Lipinski definition) is 1. The number of carbonyl (C=O) groups excluding carboxylic acids is 1. The van der Waals surface area contributed by atoms with Crippen LogP contribution in [-0.4, -0.2) is 53.8 Å². The fourth-order valence-corrected chi connectivity index (χ4v) is 4.96. The van der Waals surface area contributed by atoms with E-state index in [9.17, 15) is 4.79 Å². The van der Waals surface area contributed by atoms with Crippen molar-refractivity contribution in [3.05, 3.63) is 71.8 Å². The number of nitrogens with zero attached hydrogens (tertiary/aromatic N) is 3. The van der Waals surface area contributed by atoms with Gasteiger partial charge in [-0.3, -0.25) is 9.69 Å². The summed E-state index contributed by atoms with van der Waals surface area (Å²) in [7, 11) is 0. The predicted octanol–water partition coefficient (Wildman–Crippen LogP) is 2.86. The van der Waals surface area contributed by atoms with Gasteiger partial charge in [0.05, 0.1) is 5.92 Å². The van der Waals surface area contributed by atoms with E-state index in [1.165, 1.54) is 5.56 Å². The van der Waals surface area contributed by atoms with Crippen molar-refractivity contribution in [2.45, 2.75) is 32.0 Å². The van der Waals surface area contributed by atoms with Gasteiger partial charge in [-0.05, 0) is 24.0 Å². The molecule has 0 aromatic heterocycles. The SMILES string of the molecule is O=C(NCc1ccccc1)C1CCN(C2=NOC3CN(Cc4ccccc4)CC23)CC1. The quantitative estimate of drug-likeness (QED) is 0.811. The molecular formula is C25H30N4O2. The monoisotopic (exact) mass is 418 g/mol. The zero-order chi connectivity index (χ0) is 21.0. The number of hydrogen-bond acceptors (Lipinski definition) is 5. The van der Waals surface area contributed by atoms with Crippen LogP contribution in [0, 0.1) is 11.8 Å². The van der Waals surface area contributed by atoms with Gasteiger partial charge in [-0.1, -0.05) is 65.8 Å². The third-order valence-corrected chi connectivity index (χ3v) is 6.70. The van der Waals surface area contributed by atoms with Crippen LogP contribution in [0.4, 0.5) is 0 Å². The summed E-state index contributed by atoms with van der Waals surface area (Å²) in [6.45, 7) is 5.19. The highest BCUT2D eigenvalue weighted by Crippen LogP contribution is 2.31. The Labute approximate surface area is 183 Å². The number of likely N-dealkylation sites (tertiary alicyclic amines) is 2. The molecule has 3 aliphatic heterocycles. The smallest absolute Gasteiger partial charge is 0.223 e. The van der Waals surface area contributed by atoms with Crippen LogP contribution in [0.15, 0.2) is 65.8 Å². The molecule has 6 nitrogen and oxygen atoms in total. The minimum absolute atomic E-state index is 0.0804. The summed E-state index contributed by atoms with van der Waals surface area (Å²) in [4.78, 5) is 23.2. The average Bonchev–Trinajstić information content (AvgIpc) is 3.39. The molecule has 31 heavy (non-hydrogen) atoms. The van der Waals surface area contributed by atoms with Gasteiger partial charge in [-0.15, -0.1) is 0 Å². The van der Waals surface area contributed by atoms with Crippen molar-refractivity contribution in [2.75, 3.05) is 26.2 Å². The Balaban J connectivity index is 1.10. The van der Waals surface area contributed by atoms with Crippen molar-refractivity contribution in [1.82, 2.24) is 15.1 Å². The van der Waals surface area contributed by atoms with E-state index in [4.69, 9.17) is 4.84 Å². The maximum Gasteiger partial charge on any atom is 0.223 e. The van der Waals surface area contributed by atoms with E-state index in [0.717, 1.165) is 57.0 Å². The van der Waals surface area contributed by atoms with Crippen molar-refractivity contribution in [2.24, 2.45) is 17.0 Å². The molecule has 1 N–H and O–H groups in total. The number of piperidine rings is 1. The third kappa shape index (κ3) is 4.59. The van der Waals surface area contributed by atoms with E-state index in [1.807, 2.05) is 30.3 Å². The number of amidine groups is 1. The predicted molar refractivity (Wildman–Crippen MR) is 120 cm³/mol. The highest BCUT2D eigenvalue weighted by Gasteiger charge is 2.44. The van der Waals surface area contributed by atoms with E-state index < -0.39 is 0 Å². The number of rotatable bonds is 5. The van der Waals surface area contributed by atoms with Crippen molar-refractivity contribution in [1.29, 1.82) is 0 Å². The van der Waals surface area contributed by atoms with Crippen LogP contribution >= 0.6 is 0 Å². The van der Waals surface area contributed by atoms with Crippen molar-refractivity contribution in [3.8, 4) is 0 Å². The van der Waals surface area contributed by atoms with Gasteiger partial charge in [0, 0.05) is 45.2 Å². The number of fused-ring (bicyclic) bond motifs is 1. The second kappa shape index (κ2) is 9.10. The first-order chi connectivity index (χ1) is 15.3. The molecule has 3 aliphatic rings. The molecule has 162 valence electrons. The maximum absolute atomic E-state index is 12.6. The van der Waals surface area contributed by atoms with Gasteiger partial charge in [0.1, 0.15) is 0 Å².